The maximum Gasteiger partial charge on any atom is 0.306 e. The largest absolute Gasteiger partial charge is 0.481 e. The Morgan fingerprint density at radius 1 is 1.14 bits per heavy atom. The number of esters is 1. The molecule has 0 aromatic carbocycles. The number of carbonyl (C=O) groups is 2. The second-order valence-corrected chi connectivity index (χ2v) is 12.5. The number of aromatic nitrogens is 1. The van der Waals surface area contributed by atoms with Crippen LogP contribution in [0.15, 0.2) is 17.0 Å². The van der Waals surface area contributed by atoms with E-state index < -0.39 is 5.97 Å². The van der Waals surface area contributed by atoms with Gasteiger partial charge < -0.3 is 14.6 Å². The van der Waals surface area contributed by atoms with Crippen molar-refractivity contribution in [3.63, 3.8) is 0 Å². The van der Waals surface area contributed by atoms with Gasteiger partial charge in [-0.2, -0.15) is 0 Å². The molecule has 0 aliphatic heterocycles. The molecule has 192 valence electrons. The number of hydrogen-bond acceptors (Lipinski definition) is 6. The molecule has 7 atom stereocenters. The molecule has 0 spiro atoms. The molecule has 1 aromatic heterocycles. The van der Waals surface area contributed by atoms with Crippen LogP contribution in [0, 0.1) is 28.6 Å². The fraction of sp³-hybridized carbons (Fsp3) is 0.750. The SMILES string of the molecule is CCOc1csc(C2CC[C@H]3[C@@H]4CC=C5CC(OC(=O)CCC(=O)O)CC[C@]5(C)[C@H]4CC[C@]23C)n1. The van der Waals surface area contributed by atoms with Crippen LogP contribution in [0.3, 0.4) is 0 Å². The first-order valence-corrected chi connectivity index (χ1v) is 14.3. The molecular formula is C28H39NO5S. The van der Waals surface area contributed by atoms with Crippen molar-refractivity contribution in [1.29, 1.82) is 0 Å². The van der Waals surface area contributed by atoms with Crippen molar-refractivity contribution in [2.75, 3.05) is 6.61 Å². The Bertz CT molecular complexity index is 1000. The lowest BCUT2D eigenvalue weighted by molar-refractivity contribution is -0.154. The van der Waals surface area contributed by atoms with Gasteiger partial charge in [0.05, 0.1) is 24.8 Å². The van der Waals surface area contributed by atoms with Crippen LogP contribution in [-0.4, -0.2) is 34.7 Å². The van der Waals surface area contributed by atoms with Crippen molar-refractivity contribution in [3.8, 4) is 5.88 Å². The standard InChI is InChI=1S/C28H39NO5S/c1-4-33-23-16-35-26(29-23)22-8-7-20-19-6-5-17-15-18(34-25(32)10-9-24(30)31)11-13-27(17,2)21(19)12-14-28(20,22)3/h5,16,18-22H,4,6-15H2,1-3H3,(H,30,31)/t18?,19-,20-,21-,22?,27-,28-/m0/s1. The highest BCUT2D eigenvalue weighted by Crippen LogP contribution is 2.68. The summed E-state index contributed by atoms with van der Waals surface area (Å²) in [5, 5.41) is 12.2. The summed E-state index contributed by atoms with van der Waals surface area (Å²) in [6, 6.07) is 0. The molecule has 2 unspecified atom stereocenters. The minimum absolute atomic E-state index is 0.0422. The fourth-order valence-corrected chi connectivity index (χ4v) is 9.27. The third-order valence-electron chi connectivity index (χ3n) is 9.99. The lowest BCUT2D eigenvalue weighted by Crippen LogP contribution is -2.50. The molecular weight excluding hydrogens is 462 g/mol. The van der Waals surface area contributed by atoms with E-state index >= 15 is 0 Å². The summed E-state index contributed by atoms with van der Waals surface area (Å²) in [5.41, 5.74) is 1.97. The highest BCUT2D eigenvalue weighted by atomic mass is 32.1. The molecule has 3 saturated carbocycles. The maximum absolute atomic E-state index is 12.1. The molecule has 35 heavy (non-hydrogen) atoms. The van der Waals surface area contributed by atoms with Crippen LogP contribution in [0.5, 0.6) is 5.88 Å². The summed E-state index contributed by atoms with van der Waals surface area (Å²) in [7, 11) is 0. The zero-order valence-corrected chi connectivity index (χ0v) is 22.1. The second kappa shape index (κ2) is 9.53. The summed E-state index contributed by atoms with van der Waals surface area (Å²) in [5.74, 6) is 2.12. The number of ether oxygens (including phenoxy) is 2. The molecule has 1 aromatic rings. The Kier molecular flexibility index (Phi) is 6.75. The quantitative estimate of drug-likeness (QED) is 0.345. The Morgan fingerprint density at radius 2 is 1.97 bits per heavy atom. The van der Waals surface area contributed by atoms with Gasteiger partial charge in [-0.25, -0.2) is 4.98 Å². The maximum atomic E-state index is 12.1. The van der Waals surface area contributed by atoms with Gasteiger partial charge in [-0.05, 0) is 80.5 Å². The van der Waals surface area contributed by atoms with Crippen molar-refractivity contribution in [2.24, 2.45) is 28.6 Å². The number of carbonyl (C=O) groups excluding carboxylic acids is 1. The summed E-state index contributed by atoms with van der Waals surface area (Å²) in [6.45, 7) is 7.66. The topological polar surface area (TPSA) is 85.7 Å². The first-order chi connectivity index (χ1) is 16.7. The smallest absolute Gasteiger partial charge is 0.306 e. The van der Waals surface area contributed by atoms with Crippen LogP contribution in [0.2, 0.25) is 0 Å². The van der Waals surface area contributed by atoms with Gasteiger partial charge in [-0.3, -0.25) is 9.59 Å². The molecule has 1 heterocycles. The molecule has 1 N–H and O–H groups in total. The summed E-state index contributed by atoms with van der Waals surface area (Å²) < 4.78 is 11.3. The number of hydrogen-bond donors (Lipinski definition) is 1. The van der Waals surface area contributed by atoms with Crippen LogP contribution < -0.4 is 4.74 Å². The van der Waals surface area contributed by atoms with Crippen LogP contribution in [0.25, 0.3) is 0 Å². The minimum atomic E-state index is -0.956. The van der Waals surface area contributed by atoms with Gasteiger partial charge in [0.1, 0.15) is 11.1 Å². The number of carboxylic acid groups (broad SMARTS) is 1. The van der Waals surface area contributed by atoms with Gasteiger partial charge >= 0.3 is 11.9 Å². The monoisotopic (exact) mass is 501 g/mol. The van der Waals surface area contributed by atoms with E-state index in [1.807, 2.05) is 6.92 Å². The Morgan fingerprint density at radius 3 is 2.74 bits per heavy atom. The average molecular weight is 502 g/mol. The van der Waals surface area contributed by atoms with Crippen LogP contribution in [-0.2, 0) is 14.3 Å². The third kappa shape index (κ3) is 4.42. The van der Waals surface area contributed by atoms with Gasteiger partial charge in [0.15, 0.2) is 0 Å². The predicted molar refractivity (Wildman–Crippen MR) is 134 cm³/mol. The zero-order chi connectivity index (χ0) is 24.8. The first kappa shape index (κ1) is 24.8. The van der Waals surface area contributed by atoms with E-state index in [0.29, 0.717) is 29.8 Å². The van der Waals surface area contributed by atoms with Crippen LogP contribution in [0.4, 0.5) is 0 Å². The number of thiazole rings is 1. The average Bonchev–Trinajstić information content (AvgIpc) is 3.41. The molecule has 4 aliphatic rings. The lowest BCUT2D eigenvalue weighted by Gasteiger charge is -2.58. The van der Waals surface area contributed by atoms with Gasteiger partial charge in [-0.1, -0.05) is 25.5 Å². The molecule has 6 nitrogen and oxygen atoms in total. The minimum Gasteiger partial charge on any atom is -0.481 e. The molecule has 0 radical (unpaired) electrons. The molecule has 0 saturated heterocycles. The molecule has 4 aliphatic carbocycles. The van der Waals surface area contributed by atoms with E-state index in [-0.39, 0.29) is 30.3 Å². The fourth-order valence-electron chi connectivity index (χ4n) is 8.23. The van der Waals surface area contributed by atoms with Crippen LogP contribution in [0.1, 0.15) is 95.9 Å². The normalized spacial score (nSPS) is 38.0. The Balaban J connectivity index is 1.29. The number of aliphatic carboxylic acids is 1. The lowest BCUT2D eigenvalue weighted by atomic mass is 9.47. The number of allylic oxidation sites excluding steroid dienone is 1. The molecule has 7 heteroatoms. The van der Waals surface area contributed by atoms with E-state index in [1.54, 1.807) is 11.3 Å². The molecule has 0 amide bonds. The first-order valence-electron chi connectivity index (χ1n) is 13.4. The Hall–Kier alpha value is -1.89. The van der Waals surface area contributed by atoms with Crippen molar-refractivity contribution in [1.82, 2.24) is 4.98 Å². The predicted octanol–water partition coefficient (Wildman–Crippen LogP) is 6.36. The van der Waals surface area contributed by atoms with E-state index in [2.05, 4.69) is 25.3 Å². The van der Waals surface area contributed by atoms with Gasteiger partial charge in [-0.15, -0.1) is 11.3 Å². The van der Waals surface area contributed by atoms with Crippen molar-refractivity contribution in [3.05, 3.63) is 22.0 Å². The number of rotatable bonds is 7. The number of carboxylic acids is 1. The third-order valence-corrected chi connectivity index (χ3v) is 10.9. The van der Waals surface area contributed by atoms with Crippen LogP contribution >= 0.6 is 11.3 Å². The van der Waals surface area contributed by atoms with E-state index in [9.17, 15) is 9.59 Å². The van der Waals surface area contributed by atoms with Gasteiger partial charge in [0.25, 0.3) is 0 Å². The summed E-state index contributed by atoms with van der Waals surface area (Å²) in [6.07, 6.45) is 11.1. The van der Waals surface area contributed by atoms with Crippen molar-refractivity contribution >= 4 is 23.3 Å². The van der Waals surface area contributed by atoms with E-state index in [4.69, 9.17) is 19.6 Å². The molecule has 5 rings (SSSR count). The van der Waals surface area contributed by atoms with E-state index in [1.165, 1.54) is 36.3 Å². The molecule has 0 bridgehead atoms. The van der Waals surface area contributed by atoms with E-state index in [0.717, 1.165) is 37.5 Å². The summed E-state index contributed by atoms with van der Waals surface area (Å²) in [4.78, 5) is 27.7. The van der Waals surface area contributed by atoms with Gasteiger partial charge in [0.2, 0.25) is 5.88 Å². The van der Waals surface area contributed by atoms with Gasteiger partial charge in [0, 0.05) is 12.3 Å². The molecule has 3 fully saturated rings. The number of nitrogens with zero attached hydrogens (tertiary/aromatic N) is 1. The second-order valence-electron chi connectivity index (χ2n) is 11.6. The zero-order valence-electron chi connectivity index (χ0n) is 21.3. The van der Waals surface area contributed by atoms with Crippen molar-refractivity contribution in [2.45, 2.75) is 97.0 Å². The Labute approximate surface area is 212 Å². The highest BCUT2D eigenvalue weighted by Gasteiger charge is 2.59. The highest BCUT2D eigenvalue weighted by molar-refractivity contribution is 7.09. The number of fused-ring (bicyclic) bond motifs is 5. The van der Waals surface area contributed by atoms with Crippen molar-refractivity contribution < 1.29 is 24.2 Å². The summed E-state index contributed by atoms with van der Waals surface area (Å²) >= 11 is 1.78.